The molecule has 0 fully saturated rings. The maximum Gasteiger partial charge on any atom is 0.211 e. The molecule has 9 heteroatoms. The topological polar surface area (TPSA) is 154 Å². The quantitative estimate of drug-likeness (QED) is 0.357. The average molecular weight is 359 g/mol. The van der Waals surface area contributed by atoms with E-state index in [1.165, 1.54) is 0 Å². The van der Waals surface area contributed by atoms with Crippen molar-refractivity contribution in [3.05, 3.63) is 59.7 Å². The molecule has 2 aromatic carbocycles. The Kier molecular flexibility index (Phi) is 7.61. The van der Waals surface area contributed by atoms with Crippen molar-refractivity contribution in [1.29, 1.82) is 0 Å². The van der Waals surface area contributed by atoms with E-state index in [0.29, 0.717) is 0 Å². The van der Waals surface area contributed by atoms with E-state index >= 15 is 0 Å². The molecule has 0 aliphatic heterocycles. The second-order valence-electron chi connectivity index (χ2n) is 4.78. The molecule has 0 saturated carbocycles. The van der Waals surface area contributed by atoms with Crippen molar-refractivity contribution in [2.45, 2.75) is 0 Å². The van der Waals surface area contributed by atoms with Crippen molar-refractivity contribution in [3.63, 3.8) is 0 Å². The zero-order valence-corrected chi connectivity index (χ0v) is 14.1. The number of benzene rings is 2. The number of nitrogens with zero attached hydrogens (tertiary/aromatic N) is 4. The molecule has 0 saturated heterocycles. The lowest BCUT2D eigenvalue weighted by molar-refractivity contribution is 1.21. The molecule has 0 aromatic heterocycles. The third-order valence-corrected chi connectivity index (χ3v) is 2.91. The smallest absolute Gasteiger partial charge is 0.211 e. The fraction of sp³-hybridized carbons (Fsp3) is 0. The third kappa shape index (κ3) is 6.71. The molecule has 8 nitrogen and oxygen atoms in total. The second-order valence-corrected chi connectivity index (χ2v) is 4.78. The van der Waals surface area contributed by atoms with Crippen LogP contribution in [-0.4, -0.2) is 24.3 Å². The summed E-state index contributed by atoms with van der Waals surface area (Å²) in [5.41, 5.74) is 24.7. The number of hydrogen-bond acceptors (Lipinski definition) is 4. The van der Waals surface area contributed by atoms with Gasteiger partial charge < -0.3 is 22.9 Å². The Balaban J connectivity index is 0.00000312. The van der Waals surface area contributed by atoms with Crippen molar-refractivity contribution >= 4 is 36.8 Å². The highest BCUT2D eigenvalue weighted by Gasteiger charge is 1.98. The molecular formula is C16H19ClN8. The zero-order chi connectivity index (χ0) is 17.4. The van der Waals surface area contributed by atoms with Crippen LogP contribution in [0.3, 0.4) is 0 Å². The Hall–Kier alpha value is -3.39. The molecular weight excluding hydrogens is 340 g/mol. The molecule has 0 spiro atoms. The summed E-state index contributed by atoms with van der Waals surface area (Å²) in [6.45, 7) is 0. The normalized spacial score (nSPS) is 10.4. The standard InChI is InChI=1S/C16H18N8.ClH/c17-15(18)23-21-9-11-1-5-13(6-2-11)14-7-3-12(4-8-14)10-22-24-16(19)20;/h1-10H,(H4,17,18,23)(H4,19,20,24);1H/b21-9+,22-10?;. The van der Waals surface area contributed by atoms with Gasteiger partial charge in [-0.25, -0.2) is 0 Å². The van der Waals surface area contributed by atoms with Crippen LogP contribution in [-0.2, 0) is 0 Å². The van der Waals surface area contributed by atoms with Gasteiger partial charge in [-0.3, -0.25) is 0 Å². The van der Waals surface area contributed by atoms with Crippen LogP contribution in [0, 0.1) is 0 Å². The van der Waals surface area contributed by atoms with E-state index in [2.05, 4.69) is 20.4 Å². The summed E-state index contributed by atoms with van der Waals surface area (Å²) >= 11 is 0. The third-order valence-electron chi connectivity index (χ3n) is 2.91. The first-order valence-corrected chi connectivity index (χ1v) is 6.99. The van der Waals surface area contributed by atoms with Crippen LogP contribution in [0.5, 0.6) is 0 Å². The molecule has 0 bridgehead atoms. The predicted octanol–water partition coefficient (Wildman–Crippen LogP) is 0.990. The minimum atomic E-state index is -0.0775. The van der Waals surface area contributed by atoms with Gasteiger partial charge in [0.05, 0.1) is 12.4 Å². The van der Waals surface area contributed by atoms with E-state index in [1.807, 2.05) is 48.5 Å². The van der Waals surface area contributed by atoms with Gasteiger partial charge in [-0.1, -0.05) is 48.5 Å². The molecule has 0 heterocycles. The van der Waals surface area contributed by atoms with Gasteiger partial charge in [0.2, 0.25) is 11.9 Å². The predicted molar refractivity (Wildman–Crippen MR) is 106 cm³/mol. The summed E-state index contributed by atoms with van der Waals surface area (Å²) < 4.78 is 0. The number of guanidine groups is 2. The number of nitrogens with two attached hydrogens (primary N) is 4. The van der Waals surface area contributed by atoms with Gasteiger partial charge in [0.25, 0.3) is 0 Å². The van der Waals surface area contributed by atoms with Gasteiger partial charge in [-0.05, 0) is 22.3 Å². The molecule has 2 aromatic rings. The van der Waals surface area contributed by atoms with Crippen molar-refractivity contribution in [3.8, 4) is 11.1 Å². The summed E-state index contributed by atoms with van der Waals surface area (Å²) in [4.78, 5) is 0. The molecule has 130 valence electrons. The number of rotatable bonds is 5. The Bertz CT molecular complexity index is 714. The van der Waals surface area contributed by atoms with E-state index in [9.17, 15) is 0 Å². The van der Waals surface area contributed by atoms with E-state index in [0.717, 1.165) is 22.3 Å². The van der Waals surface area contributed by atoms with E-state index in [-0.39, 0.29) is 24.3 Å². The number of halogens is 1. The van der Waals surface area contributed by atoms with E-state index in [1.54, 1.807) is 12.4 Å². The van der Waals surface area contributed by atoms with Gasteiger partial charge >= 0.3 is 0 Å². The Labute approximate surface area is 151 Å². The minimum absolute atomic E-state index is 0. The van der Waals surface area contributed by atoms with Crippen LogP contribution in [0.15, 0.2) is 68.9 Å². The summed E-state index contributed by atoms with van der Waals surface area (Å²) in [6.07, 6.45) is 3.15. The average Bonchev–Trinajstić information content (AvgIpc) is 2.56. The first-order chi connectivity index (χ1) is 11.5. The van der Waals surface area contributed by atoms with Crippen LogP contribution in [0.4, 0.5) is 0 Å². The highest BCUT2D eigenvalue weighted by Crippen LogP contribution is 2.19. The second kappa shape index (κ2) is 9.68. The highest BCUT2D eigenvalue weighted by atomic mass is 35.5. The van der Waals surface area contributed by atoms with Gasteiger partial charge in [0, 0.05) is 0 Å². The van der Waals surface area contributed by atoms with Crippen molar-refractivity contribution in [2.24, 2.45) is 43.3 Å². The first kappa shape index (κ1) is 19.7. The van der Waals surface area contributed by atoms with Crippen molar-refractivity contribution in [1.82, 2.24) is 0 Å². The first-order valence-electron chi connectivity index (χ1n) is 6.99. The summed E-state index contributed by atoms with van der Waals surface area (Å²) in [5.74, 6) is -0.155. The lowest BCUT2D eigenvalue weighted by Crippen LogP contribution is -2.21. The molecule has 2 rings (SSSR count). The molecule has 0 aliphatic rings. The van der Waals surface area contributed by atoms with Gasteiger partial charge in [0.15, 0.2) is 0 Å². The van der Waals surface area contributed by atoms with Gasteiger partial charge in [-0.2, -0.15) is 10.2 Å². The summed E-state index contributed by atoms with van der Waals surface area (Å²) in [5, 5.41) is 14.6. The fourth-order valence-corrected chi connectivity index (χ4v) is 1.85. The summed E-state index contributed by atoms with van der Waals surface area (Å²) in [6, 6.07) is 15.6. The molecule has 0 amide bonds. The molecule has 0 atom stereocenters. The Morgan fingerprint density at radius 2 is 0.920 bits per heavy atom. The molecule has 25 heavy (non-hydrogen) atoms. The maximum absolute atomic E-state index is 5.20. The van der Waals surface area contributed by atoms with Gasteiger partial charge in [-0.15, -0.1) is 22.6 Å². The van der Waals surface area contributed by atoms with Crippen LogP contribution in [0.2, 0.25) is 0 Å². The monoisotopic (exact) mass is 358 g/mol. The van der Waals surface area contributed by atoms with Crippen LogP contribution in [0.25, 0.3) is 11.1 Å². The molecule has 0 aliphatic carbocycles. The summed E-state index contributed by atoms with van der Waals surface area (Å²) in [7, 11) is 0. The molecule has 8 N–H and O–H groups in total. The Morgan fingerprint density at radius 1 is 0.600 bits per heavy atom. The van der Waals surface area contributed by atoms with Crippen LogP contribution in [0.1, 0.15) is 11.1 Å². The van der Waals surface area contributed by atoms with E-state index in [4.69, 9.17) is 22.9 Å². The van der Waals surface area contributed by atoms with Crippen LogP contribution >= 0.6 is 12.4 Å². The zero-order valence-electron chi connectivity index (χ0n) is 13.3. The lowest BCUT2D eigenvalue weighted by atomic mass is 10.0. The Morgan fingerprint density at radius 3 is 1.20 bits per heavy atom. The van der Waals surface area contributed by atoms with Gasteiger partial charge in [0.1, 0.15) is 0 Å². The van der Waals surface area contributed by atoms with Crippen LogP contribution < -0.4 is 22.9 Å². The van der Waals surface area contributed by atoms with E-state index < -0.39 is 0 Å². The van der Waals surface area contributed by atoms with Crippen molar-refractivity contribution in [2.75, 3.05) is 0 Å². The molecule has 0 radical (unpaired) electrons. The largest absolute Gasteiger partial charge is 0.369 e. The molecule has 0 unspecified atom stereocenters. The lowest BCUT2D eigenvalue weighted by Gasteiger charge is -2.02. The fourth-order valence-electron chi connectivity index (χ4n) is 1.85. The van der Waals surface area contributed by atoms with Crippen molar-refractivity contribution < 1.29 is 0 Å². The highest BCUT2D eigenvalue weighted by molar-refractivity contribution is 5.85. The minimum Gasteiger partial charge on any atom is -0.369 e. The SMILES string of the molecule is Cl.NC(N)=NN=Cc1ccc(-c2ccc(/C=N/N=C(N)N)cc2)cc1. The number of hydrogen-bond donors (Lipinski definition) is 4. The maximum atomic E-state index is 5.20.